The summed E-state index contributed by atoms with van der Waals surface area (Å²) in [6.45, 7) is -0.690. The van der Waals surface area contributed by atoms with Gasteiger partial charge in [0.2, 0.25) is 0 Å². The molecule has 0 aliphatic rings. The fourth-order valence-electron chi connectivity index (χ4n) is 0.918. The van der Waals surface area contributed by atoms with Crippen molar-refractivity contribution in [2.75, 3.05) is 6.61 Å². The highest BCUT2D eigenvalue weighted by molar-refractivity contribution is 8.09. The van der Waals surface area contributed by atoms with E-state index in [1.165, 1.54) is 12.1 Å². The summed E-state index contributed by atoms with van der Waals surface area (Å²) < 4.78 is 10.4. The molecule has 0 heterocycles. The maximum Gasteiger partial charge on any atom is 0.310 e. The first-order valence-electron chi connectivity index (χ1n) is 4.23. The molecule has 0 aliphatic carbocycles. The van der Waals surface area contributed by atoms with E-state index in [1.807, 2.05) is 0 Å². The van der Waals surface area contributed by atoms with Crippen LogP contribution in [0.3, 0.4) is 0 Å². The molecule has 1 rings (SSSR count). The molecule has 0 saturated carbocycles. The van der Waals surface area contributed by atoms with E-state index < -0.39 is 6.64 Å². The van der Waals surface area contributed by atoms with Crippen LogP contribution in [0.1, 0.15) is 6.92 Å². The predicted octanol–water partition coefficient (Wildman–Crippen LogP) is 4.25. The van der Waals surface area contributed by atoms with Gasteiger partial charge in [-0.05, 0) is 24.8 Å². The number of rotatable bonds is 4. The lowest BCUT2D eigenvalue weighted by molar-refractivity contribution is 0.332. The van der Waals surface area contributed by atoms with Gasteiger partial charge in [-0.3, -0.25) is 0 Å². The Bertz CT molecular complexity index is 444. The minimum absolute atomic E-state index is 0.273. The van der Waals surface area contributed by atoms with Gasteiger partial charge in [0.25, 0.3) is 0 Å². The number of hydrogen-bond donors (Lipinski definition) is 1. The molecule has 0 spiro atoms. The normalized spacial score (nSPS) is 14.6. The minimum Gasteiger partial charge on any atom is -0.431 e. The monoisotopic (exact) mass is 319 g/mol. The number of nitrogens with two attached hydrogens (primary N) is 1. The average Bonchev–Trinajstić information content (AvgIpc) is 2.13. The van der Waals surface area contributed by atoms with Crippen molar-refractivity contribution >= 4 is 53.3 Å². The van der Waals surface area contributed by atoms with E-state index in [1.54, 1.807) is 6.92 Å². The van der Waals surface area contributed by atoms with Gasteiger partial charge in [0.15, 0.2) is 0 Å². The van der Waals surface area contributed by atoms with Crippen molar-refractivity contribution in [1.29, 1.82) is 0 Å². The smallest absolute Gasteiger partial charge is 0.310 e. The highest BCUT2D eigenvalue weighted by Crippen LogP contribution is 2.44. The van der Waals surface area contributed by atoms with Crippen molar-refractivity contribution in [3.05, 3.63) is 27.2 Å². The molecule has 0 radical (unpaired) electrons. The molecule has 8 heteroatoms. The van der Waals surface area contributed by atoms with Crippen LogP contribution >= 0.6 is 41.4 Å². The minimum atomic E-state index is -2.83. The quantitative estimate of drug-likeness (QED) is 0.665. The summed E-state index contributed by atoms with van der Waals surface area (Å²) in [7, 11) is 0. The molecule has 1 aromatic rings. The third-order valence-electron chi connectivity index (χ3n) is 1.51. The summed E-state index contributed by atoms with van der Waals surface area (Å²) in [5, 5.41) is 0.932. The van der Waals surface area contributed by atoms with Crippen molar-refractivity contribution in [2.24, 2.45) is 5.50 Å². The number of halogens is 3. The molecule has 0 aliphatic heterocycles. The van der Waals surface area contributed by atoms with Crippen molar-refractivity contribution in [2.45, 2.75) is 6.92 Å². The molecule has 0 saturated heterocycles. The molecular weight excluding hydrogens is 311 g/mol. The second-order valence-corrected chi connectivity index (χ2v) is 7.01. The van der Waals surface area contributed by atoms with E-state index in [-0.39, 0.29) is 10.8 Å². The Morgan fingerprint density at radius 3 is 2.38 bits per heavy atom. The van der Waals surface area contributed by atoms with Gasteiger partial charge in [-0.1, -0.05) is 34.8 Å². The molecule has 1 unspecified atom stereocenters. The van der Waals surface area contributed by atoms with Gasteiger partial charge in [-0.2, -0.15) is 0 Å². The van der Waals surface area contributed by atoms with Crippen LogP contribution in [-0.4, -0.2) is 6.61 Å². The van der Waals surface area contributed by atoms with Crippen LogP contribution in [0.25, 0.3) is 0 Å². The summed E-state index contributed by atoms with van der Waals surface area (Å²) in [4.78, 5) is 0. The second-order valence-electron chi connectivity index (χ2n) is 2.75. The fraction of sp³-hybridized carbons (Fsp3) is 0.250. The molecule has 2 N–H and O–H groups in total. The Balaban J connectivity index is 2.98. The van der Waals surface area contributed by atoms with E-state index in [9.17, 15) is 0 Å². The zero-order valence-electron chi connectivity index (χ0n) is 8.25. The molecular formula is C8H9Cl3NO2PS. The van der Waals surface area contributed by atoms with Gasteiger partial charge >= 0.3 is 6.64 Å². The third kappa shape index (κ3) is 4.04. The summed E-state index contributed by atoms with van der Waals surface area (Å²) in [6, 6.07) is 2.92. The summed E-state index contributed by atoms with van der Waals surface area (Å²) in [6.07, 6.45) is 0. The Kier molecular flexibility index (Phi) is 5.33. The third-order valence-corrected chi connectivity index (χ3v) is 4.14. The molecule has 3 nitrogen and oxygen atoms in total. The van der Waals surface area contributed by atoms with Crippen LogP contribution in [0.5, 0.6) is 5.75 Å². The topological polar surface area (TPSA) is 44.5 Å². The highest BCUT2D eigenvalue weighted by Gasteiger charge is 2.16. The summed E-state index contributed by atoms with van der Waals surface area (Å²) in [5.41, 5.74) is 5.66. The Morgan fingerprint density at radius 2 is 1.81 bits per heavy atom. The SMILES string of the molecule is CCOP(N)(=S)Oc1cc(Cl)c(Cl)cc1Cl. The van der Waals surface area contributed by atoms with Gasteiger partial charge < -0.3 is 9.05 Å². The number of hydrogen-bond acceptors (Lipinski definition) is 3. The van der Waals surface area contributed by atoms with E-state index in [2.05, 4.69) is 0 Å². The predicted molar refractivity (Wildman–Crippen MR) is 72.2 cm³/mol. The van der Waals surface area contributed by atoms with Gasteiger partial charge in [-0.25, -0.2) is 5.50 Å². The Morgan fingerprint density at radius 1 is 1.25 bits per heavy atom. The lowest BCUT2D eigenvalue weighted by Gasteiger charge is -2.18. The maximum absolute atomic E-state index is 5.90. The number of benzene rings is 1. The molecule has 0 bridgehead atoms. The van der Waals surface area contributed by atoms with Crippen LogP contribution in [0.4, 0.5) is 0 Å². The van der Waals surface area contributed by atoms with Crippen LogP contribution < -0.4 is 10.0 Å². The van der Waals surface area contributed by atoms with Gasteiger partial charge in [-0.15, -0.1) is 0 Å². The van der Waals surface area contributed by atoms with E-state index in [0.29, 0.717) is 16.7 Å². The molecule has 16 heavy (non-hydrogen) atoms. The van der Waals surface area contributed by atoms with Crippen molar-refractivity contribution in [1.82, 2.24) is 0 Å². The first-order valence-corrected chi connectivity index (χ1v) is 8.07. The molecule has 0 fully saturated rings. The van der Waals surface area contributed by atoms with Gasteiger partial charge in [0.05, 0.1) is 21.7 Å². The van der Waals surface area contributed by atoms with Crippen LogP contribution in [0.15, 0.2) is 12.1 Å². The zero-order valence-corrected chi connectivity index (χ0v) is 12.2. The lowest BCUT2D eigenvalue weighted by Crippen LogP contribution is -2.06. The molecule has 1 atom stereocenters. The fourth-order valence-corrected chi connectivity index (χ4v) is 2.94. The van der Waals surface area contributed by atoms with Gasteiger partial charge in [0, 0.05) is 6.07 Å². The van der Waals surface area contributed by atoms with Crippen molar-refractivity contribution in [3.8, 4) is 5.75 Å². The Hall–Kier alpha value is 0.460. The van der Waals surface area contributed by atoms with Crippen LogP contribution in [0.2, 0.25) is 15.1 Å². The average molecular weight is 321 g/mol. The molecule has 0 amide bonds. The van der Waals surface area contributed by atoms with E-state index >= 15 is 0 Å². The van der Waals surface area contributed by atoms with Gasteiger partial charge in [0.1, 0.15) is 5.75 Å². The highest BCUT2D eigenvalue weighted by atomic mass is 35.5. The first-order chi connectivity index (χ1) is 7.35. The van der Waals surface area contributed by atoms with E-state index in [4.69, 9.17) is 61.2 Å². The molecule has 0 aromatic heterocycles. The van der Waals surface area contributed by atoms with Crippen molar-refractivity contribution < 1.29 is 9.05 Å². The largest absolute Gasteiger partial charge is 0.431 e. The van der Waals surface area contributed by atoms with Crippen molar-refractivity contribution in [3.63, 3.8) is 0 Å². The standard InChI is InChI=1S/C8H9Cl3NO2PS/c1-2-13-15(12,16)14-8-4-6(10)5(9)3-7(8)11/h3-4H,2H2,1H3,(H2,12,16). The lowest BCUT2D eigenvalue weighted by atomic mass is 10.3. The van der Waals surface area contributed by atoms with Crippen LogP contribution in [-0.2, 0) is 16.3 Å². The molecule has 1 aromatic carbocycles. The molecule has 90 valence electrons. The summed E-state index contributed by atoms with van der Waals surface area (Å²) in [5.74, 6) is 0.273. The zero-order chi connectivity index (χ0) is 12.3. The summed E-state index contributed by atoms with van der Waals surface area (Å²) >= 11 is 22.5. The van der Waals surface area contributed by atoms with E-state index in [0.717, 1.165) is 0 Å². The maximum atomic E-state index is 5.90. The van der Waals surface area contributed by atoms with Crippen LogP contribution in [0, 0.1) is 0 Å². The first kappa shape index (κ1) is 14.5. The second kappa shape index (κ2) is 5.87. The Labute approximate surface area is 114 Å².